The lowest BCUT2D eigenvalue weighted by Gasteiger charge is -2.31. The van der Waals surface area contributed by atoms with Crippen molar-refractivity contribution < 1.29 is 14.4 Å². The average Bonchev–Trinajstić information content (AvgIpc) is 2.46. The van der Waals surface area contributed by atoms with Gasteiger partial charge < -0.3 is 9.64 Å². The topological polar surface area (TPSA) is 64.8 Å². The maximum absolute atomic E-state index is 12.3. The van der Waals surface area contributed by atoms with Crippen LogP contribution in [0.25, 0.3) is 0 Å². The molecule has 0 saturated carbocycles. The summed E-state index contributed by atoms with van der Waals surface area (Å²) in [6.45, 7) is 1.29. The van der Waals surface area contributed by atoms with E-state index in [2.05, 4.69) is 0 Å². The van der Waals surface area contributed by atoms with Gasteiger partial charge in [-0.05, 0) is 31.0 Å². The Morgan fingerprint density at radius 3 is 3.06 bits per heavy atom. The van der Waals surface area contributed by atoms with Crippen molar-refractivity contribution in [1.29, 1.82) is 0 Å². The Morgan fingerprint density at radius 1 is 1.50 bits per heavy atom. The molecule has 2 rings (SSSR count). The zero-order valence-corrected chi connectivity index (χ0v) is 10.5. The predicted molar refractivity (Wildman–Crippen MR) is 67.2 cm³/mol. The molecule has 2 N–H and O–H groups in total. The number of benzene rings is 1. The normalized spacial score (nSPS) is 19.7. The van der Waals surface area contributed by atoms with E-state index in [-0.39, 0.29) is 12.0 Å². The maximum Gasteiger partial charge on any atom is 0.254 e. The number of nitrogens with zero attached hydrogens (tertiary/aromatic N) is 1. The van der Waals surface area contributed by atoms with Crippen molar-refractivity contribution in [2.45, 2.75) is 18.9 Å². The molecule has 1 heterocycles. The fourth-order valence-electron chi connectivity index (χ4n) is 2.17. The third-order valence-electron chi connectivity index (χ3n) is 3.17. The van der Waals surface area contributed by atoms with Gasteiger partial charge in [0.25, 0.3) is 5.91 Å². The Balaban J connectivity index is 2.10. The van der Waals surface area contributed by atoms with Gasteiger partial charge in [-0.2, -0.15) is 0 Å². The lowest BCUT2D eigenvalue weighted by Crippen LogP contribution is -2.44. The first kappa shape index (κ1) is 12.9. The van der Waals surface area contributed by atoms with Crippen LogP contribution in [-0.4, -0.2) is 37.1 Å². The predicted octanol–water partition coefficient (Wildman–Crippen LogP) is 1.19. The van der Waals surface area contributed by atoms with Gasteiger partial charge in [-0.15, -0.1) is 0 Å². The number of nitrogens with two attached hydrogens (primary N) is 1. The van der Waals surface area contributed by atoms with E-state index >= 15 is 0 Å². The summed E-state index contributed by atoms with van der Waals surface area (Å²) in [5.74, 6) is 5.87. The zero-order valence-electron chi connectivity index (χ0n) is 10.5. The van der Waals surface area contributed by atoms with Crippen molar-refractivity contribution in [2.24, 2.45) is 5.90 Å². The highest BCUT2D eigenvalue weighted by molar-refractivity contribution is 5.94. The largest absolute Gasteiger partial charge is 0.497 e. The summed E-state index contributed by atoms with van der Waals surface area (Å²) in [6.07, 6.45) is 1.75. The van der Waals surface area contributed by atoms with Crippen molar-refractivity contribution >= 4 is 5.91 Å². The molecule has 1 aromatic rings. The fraction of sp³-hybridized carbons (Fsp3) is 0.462. The number of methoxy groups -OCH3 is 1. The van der Waals surface area contributed by atoms with Gasteiger partial charge in [-0.25, -0.2) is 5.90 Å². The quantitative estimate of drug-likeness (QED) is 0.818. The van der Waals surface area contributed by atoms with Crippen molar-refractivity contribution in [3.8, 4) is 5.75 Å². The molecular formula is C13H18N2O3. The second-order valence-electron chi connectivity index (χ2n) is 4.38. The summed E-state index contributed by atoms with van der Waals surface area (Å²) in [5, 5.41) is 0. The molecule has 0 aromatic heterocycles. The number of carbonyl (C=O) groups excluding carboxylic acids is 1. The van der Waals surface area contributed by atoms with Crippen LogP contribution in [0.3, 0.4) is 0 Å². The number of piperidine rings is 1. The number of hydrogen-bond donors (Lipinski definition) is 1. The van der Waals surface area contributed by atoms with E-state index in [1.165, 1.54) is 0 Å². The third-order valence-corrected chi connectivity index (χ3v) is 3.17. The minimum atomic E-state index is -0.0618. The molecule has 1 aliphatic rings. The first-order valence-corrected chi connectivity index (χ1v) is 6.03. The molecule has 1 amide bonds. The molecule has 18 heavy (non-hydrogen) atoms. The molecule has 5 heteroatoms. The van der Waals surface area contributed by atoms with Gasteiger partial charge in [-0.3, -0.25) is 9.63 Å². The summed E-state index contributed by atoms with van der Waals surface area (Å²) >= 11 is 0. The van der Waals surface area contributed by atoms with Crippen molar-refractivity contribution in [3.63, 3.8) is 0 Å². The van der Waals surface area contributed by atoms with E-state index in [0.29, 0.717) is 17.9 Å². The van der Waals surface area contributed by atoms with Gasteiger partial charge in [-0.1, -0.05) is 6.07 Å². The van der Waals surface area contributed by atoms with Gasteiger partial charge in [0.05, 0.1) is 13.2 Å². The molecule has 5 nitrogen and oxygen atoms in total. The highest BCUT2D eigenvalue weighted by atomic mass is 16.6. The summed E-state index contributed by atoms with van der Waals surface area (Å²) in [7, 11) is 1.59. The minimum Gasteiger partial charge on any atom is -0.497 e. The van der Waals surface area contributed by atoms with Crippen molar-refractivity contribution in [2.75, 3.05) is 20.2 Å². The Hall–Kier alpha value is -1.59. The van der Waals surface area contributed by atoms with E-state index in [1.807, 2.05) is 12.1 Å². The molecule has 1 atom stereocenters. The maximum atomic E-state index is 12.3. The molecule has 0 spiro atoms. The van der Waals surface area contributed by atoms with Crippen LogP contribution in [0.15, 0.2) is 24.3 Å². The monoisotopic (exact) mass is 250 g/mol. The number of likely N-dealkylation sites (tertiary alicyclic amines) is 1. The molecule has 98 valence electrons. The van der Waals surface area contributed by atoms with Gasteiger partial charge in [0.1, 0.15) is 5.75 Å². The minimum absolute atomic E-state index is 0.00403. The van der Waals surface area contributed by atoms with Gasteiger partial charge in [0.15, 0.2) is 0 Å². The lowest BCUT2D eigenvalue weighted by molar-refractivity contribution is 0.000957. The lowest BCUT2D eigenvalue weighted by atomic mass is 10.1. The Morgan fingerprint density at radius 2 is 2.33 bits per heavy atom. The van der Waals surface area contributed by atoms with E-state index < -0.39 is 0 Å². The second-order valence-corrected chi connectivity index (χ2v) is 4.38. The van der Waals surface area contributed by atoms with Crippen LogP contribution in [-0.2, 0) is 4.84 Å². The number of rotatable bonds is 3. The molecule has 1 aliphatic heterocycles. The SMILES string of the molecule is COc1cccc(C(=O)N2CCCC(ON)C2)c1. The summed E-state index contributed by atoms with van der Waals surface area (Å²) in [4.78, 5) is 18.9. The number of hydrogen-bond acceptors (Lipinski definition) is 4. The highest BCUT2D eigenvalue weighted by Gasteiger charge is 2.24. The summed E-state index contributed by atoms with van der Waals surface area (Å²) in [6, 6.07) is 7.17. The average molecular weight is 250 g/mol. The molecule has 1 aromatic carbocycles. The van der Waals surface area contributed by atoms with Gasteiger partial charge in [0, 0.05) is 18.7 Å². The Labute approximate surface area is 106 Å². The van der Waals surface area contributed by atoms with Crippen LogP contribution in [0.1, 0.15) is 23.2 Å². The van der Waals surface area contributed by atoms with Crippen LogP contribution in [0.2, 0.25) is 0 Å². The van der Waals surface area contributed by atoms with Crippen LogP contribution >= 0.6 is 0 Å². The van der Waals surface area contributed by atoms with Gasteiger partial charge >= 0.3 is 0 Å². The second kappa shape index (κ2) is 5.84. The summed E-state index contributed by atoms with van der Waals surface area (Å²) < 4.78 is 5.12. The number of carbonyl (C=O) groups is 1. The smallest absolute Gasteiger partial charge is 0.254 e. The fourth-order valence-corrected chi connectivity index (χ4v) is 2.17. The molecule has 1 unspecified atom stereocenters. The summed E-state index contributed by atoms with van der Waals surface area (Å²) in [5.41, 5.74) is 0.632. The van der Waals surface area contributed by atoms with Crippen LogP contribution in [0.4, 0.5) is 0 Å². The molecule has 0 aliphatic carbocycles. The Kier molecular flexibility index (Phi) is 4.17. The molecular weight excluding hydrogens is 232 g/mol. The third kappa shape index (κ3) is 2.80. The van der Waals surface area contributed by atoms with Crippen molar-refractivity contribution in [3.05, 3.63) is 29.8 Å². The van der Waals surface area contributed by atoms with E-state index in [0.717, 1.165) is 19.4 Å². The first-order valence-electron chi connectivity index (χ1n) is 6.03. The highest BCUT2D eigenvalue weighted by Crippen LogP contribution is 2.18. The Bertz CT molecular complexity index is 422. The molecule has 1 fully saturated rings. The van der Waals surface area contributed by atoms with Crippen molar-refractivity contribution in [1.82, 2.24) is 4.90 Å². The van der Waals surface area contributed by atoms with Crippen LogP contribution in [0.5, 0.6) is 5.75 Å². The number of ether oxygens (including phenoxy) is 1. The number of amides is 1. The first-order chi connectivity index (χ1) is 8.74. The molecule has 0 radical (unpaired) electrons. The van der Waals surface area contributed by atoms with Crippen LogP contribution < -0.4 is 10.6 Å². The zero-order chi connectivity index (χ0) is 13.0. The standard InChI is InChI=1S/C13H18N2O3/c1-17-11-5-2-4-10(8-11)13(16)15-7-3-6-12(9-15)18-14/h2,4-5,8,12H,3,6-7,9,14H2,1H3. The molecule has 1 saturated heterocycles. The molecule has 0 bridgehead atoms. The van der Waals surface area contributed by atoms with Gasteiger partial charge in [0.2, 0.25) is 0 Å². The van der Waals surface area contributed by atoms with Crippen LogP contribution in [0, 0.1) is 0 Å². The van der Waals surface area contributed by atoms with E-state index in [1.54, 1.807) is 24.1 Å². The van der Waals surface area contributed by atoms with E-state index in [4.69, 9.17) is 15.5 Å². The van der Waals surface area contributed by atoms with E-state index in [9.17, 15) is 4.79 Å².